The van der Waals surface area contributed by atoms with Gasteiger partial charge in [-0.25, -0.2) is 4.98 Å². The maximum absolute atomic E-state index is 5.24. The zero-order valence-corrected chi connectivity index (χ0v) is 51.0. The van der Waals surface area contributed by atoms with Gasteiger partial charge in [0.1, 0.15) is 13.9 Å². The molecule has 0 radical (unpaired) electrons. The van der Waals surface area contributed by atoms with Crippen molar-refractivity contribution in [2.24, 2.45) is 0 Å². The molecule has 78 heavy (non-hydrogen) atoms. The number of hydrogen-bond donors (Lipinski definition) is 0. The quantitative estimate of drug-likeness (QED) is 0.0775. The summed E-state index contributed by atoms with van der Waals surface area (Å²) in [5.74, 6) is 1.59. The molecule has 2 aromatic heterocycles. The molecule has 398 valence electrons. The third kappa shape index (κ3) is 9.70. The van der Waals surface area contributed by atoms with Crippen molar-refractivity contribution in [2.75, 3.05) is 9.80 Å². The van der Waals surface area contributed by atoms with Crippen molar-refractivity contribution in [1.29, 1.82) is 0 Å². The van der Waals surface area contributed by atoms with Crippen LogP contribution in [0.2, 0.25) is 0 Å². The number of rotatable bonds is 10. The van der Waals surface area contributed by atoms with Crippen LogP contribution >= 0.6 is 0 Å². The number of para-hydroxylation sites is 1. The molecule has 3 heterocycles. The molecule has 0 amide bonds. The van der Waals surface area contributed by atoms with E-state index in [9.17, 15) is 0 Å². The van der Waals surface area contributed by atoms with Gasteiger partial charge in [-0.3, -0.25) is 0 Å². The fourth-order valence-corrected chi connectivity index (χ4v) is 16.3. The molecule has 0 unspecified atom stereocenters. The van der Waals surface area contributed by atoms with Gasteiger partial charge in [0.2, 0.25) is 0 Å². The van der Waals surface area contributed by atoms with E-state index in [1.54, 1.807) is 0 Å². The Balaban J connectivity index is 0.00000688. The number of nitrogens with zero attached hydrogens (tertiary/aromatic N) is 4. The van der Waals surface area contributed by atoms with Crippen LogP contribution < -0.4 is 30.5 Å². The molecule has 6 heteroatoms. The zero-order chi connectivity index (χ0) is 54.2. The van der Waals surface area contributed by atoms with Gasteiger partial charge in [0, 0.05) is 49.8 Å². The summed E-state index contributed by atoms with van der Waals surface area (Å²) in [7, 11) is -3.33. The van der Waals surface area contributed by atoms with Crippen LogP contribution in [0, 0.1) is 18.8 Å². The van der Waals surface area contributed by atoms with E-state index < -0.39 is 8.07 Å². The fourth-order valence-electron chi connectivity index (χ4n) is 11.7. The van der Waals surface area contributed by atoms with Gasteiger partial charge in [-0.05, 0) is 120 Å². The number of fused-ring (bicyclic) bond motifs is 4. The van der Waals surface area contributed by atoms with E-state index in [-0.39, 0.29) is 37.3 Å². The topological polar surface area (TPSA) is 24.3 Å². The third-order valence-electron chi connectivity index (χ3n) is 16.0. The molecule has 0 saturated carbocycles. The summed E-state index contributed by atoms with van der Waals surface area (Å²) in [6.07, 6.45) is 2.00. The summed E-state index contributed by atoms with van der Waals surface area (Å²) < 4.78 is 2.37. The van der Waals surface area contributed by atoms with E-state index >= 15 is 0 Å². The first-order chi connectivity index (χ1) is 36.7. The van der Waals surface area contributed by atoms with Crippen molar-refractivity contribution in [2.45, 2.75) is 118 Å². The third-order valence-corrected chi connectivity index (χ3v) is 20.6. The van der Waals surface area contributed by atoms with Crippen LogP contribution in [0.25, 0.3) is 38.8 Å². The maximum atomic E-state index is 5.24. The van der Waals surface area contributed by atoms with Crippen molar-refractivity contribution >= 4 is 73.4 Å². The first kappa shape index (κ1) is 54.6. The Kier molecular flexibility index (Phi) is 14.5. The summed E-state index contributed by atoms with van der Waals surface area (Å²) in [6, 6.07) is 77.0. The van der Waals surface area contributed by atoms with Crippen molar-refractivity contribution < 1.29 is 21.1 Å². The van der Waals surface area contributed by atoms with Crippen molar-refractivity contribution in [3.05, 3.63) is 235 Å². The number of benzene rings is 8. The molecule has 1 aliphatic rings. The van der Waals surface area contributed by atoms with Gasteiger partial charge in [0.25, 0.3) is 0 Å². The van der Waals surface area contributed by atoms with Crippen molar-refractivity contribution in [1.82, 2.24) is 9.55 Å². The van der Waals surface area contributed by atoms with Crippen LogP contribution in [0.5, 0.6) is 0 Å². The zero-order valence-electron chi connectivity index (χ0n) is 47.7. The minimum Gasteiger partial charge on any atom is -0.493 e. The Hall–Kier alpha value is -6.78. The smallest absolute Gasteiger partial charge is 0.136 e. The van der Waals surface area contributed by atoms with Crippen molar-refractivity contribution in [3.63, 3.8) is 0 Å². The number of hydrogen-bond acceptors (Lipinski definition) is 3. The van der Waals surface area contributed by atoms with Gasteiger partial charge in [0.05, 0.1) is 0 Å². The van der Waals surface area contributed by atoms with Gasteiger partial charge in [-0.15, -0.1) is 23.8 Å². The Labute approximate surface area is 480 Å². The molecule has 0 aliphatic carbocycles. The number of pyridine rings is 1. The van der Waals surface area contributed by atoms with Crippen LogP contribution in [-0.4, -0.2) is 17.6 Å². The standard InChI is InChI=1S/C72H73N4Si.Pt/c1-48(2)60-31-23-32-61(49(3)4)69(60)50-38-39-73-68(40-50)76-64-33-21-20-30-62(64)63-36-35-58(46-66(63)76)77(56-26-16-14-17-27-56,57-28-18-15-19-29-57)59-43-53(72(11,12)13)42-55(45-59)75-47-74(54-25-22-24-51(41-54)70(5,6)7)65-37-34-52(44-67(65)75)71(8,9)10;/h14-44,47-49H,1-13H3;/q-3;. The van der Waals surface area contributed by atoms with E-state index in [1.807, 2.05) is 6.20 Å². The molecule has 8 aromatic carbocycles. The number of aromatic nitrogens is 2. The summed E-state index contributed by atoms with van der Waals surface area (Å²) in [6.45, 7) is 32.3. The molecular weight excluding hydrogens is 1140 g/mol. The molecule has 0 bridgehead atoms. The fraction of sp³-hybridized carbons (Fsp3) is 0.250. The maximum Gasteiger partial charge on any atom is 0.136 e. The van der Waals surface area contributed by atoms with E-state index in [1.165, 1.54) is 59.9 Å². The van der Waals surface area contributed by atoms with Gasteiger partial charge in [-0.2, -0.15) is 46.3 Å². The largest absolute Gasteiger partial charge is 0.493 e. The van der Waals surface area contributed by atoms with Crippen LogP contribution in [-0.2, 0) is 37.3 Å². The Bertz CT molecular complexity index is 3750. The van der Waals surface area contributed by atoms with Crippen LogP contribution in [0.1, 0.15) is 130 Å². The monoisotopic (exact) mass is 1220 g/mol. The van der Waals surface area contributed by atoms with E-state index in [0.717, 1.165) is 50.2 Å². The molecule has 1 aliphatic heterocycles. The second-order valence-corrected chi connectivity index (χ2v) is 28.8. The normalized spacial score (nSPS) is 13.2. The van der Waals surface area contributed by atoms with Crippen LogP contribution in [0.4, 0.5) is 22.7 Å². The molecule has 4 nitrogen and oxygen atoms in total. The summed E-state index contributed by atoms with van der Waals surface area (Å²) in [5.41, 5.74) is 15.3. The molecule has 0 fully saturated rings. The average Bonchev–Trinajstić information content (AvgIpc) is 4.13. The Morgan fingerprint density at radius 3 is 1.72 bits per heavy atom. The van der Waals surface area contributed by atoms with Gasteiger partial charge in [-0.1, -0.05) is 211 Å². The first-order valence-electron chi connectivity index (χ1n) is 27.7. The van der Waals surface area contributed by atoms with Crippen molar-refractivity contribution in [3.8, 4) is 16.9 Å². The predicted molar refractivity (Wildman–Crippen MR) is 331 cm³/mol. The Morgan fingerprint density at radius 2 is 1.09 bits per heavy atom. The van der Waals surface area contributed by atoms with E-state index in [0.29, 0.717) is 11.8 Å². The molecule has 11 rings (SSSR count). The molecular formula is C72H73N4PtSi-3. The number of anilines is 4. The molecule has 0 N–H and O–H groups in total. The van der Waals surface area contributed by atoms with E-state index in [4.69, 9.17) is 4.98 Å². The minimum absolute atomic E-state index is 0. The van der Waals surface area contributed by atoms with Gasteiger partial charge in [0.15, 0.2) is 0 Å². The second-order valence-electron chi connectivity index (χ2n) is 25.0. The summed E-state index contributed by atoms with van der Waals surface area (Å²) >= 11 is 0. The van der Waals surface area contributed by atoms with E-state index in [2.05, 4.69) is 305 Å². The van der Waals surface area contributed by atoms with Crippen LogP contribution in [0.3, 0.4) is 0 Å². The molecule has 0 atom stereocenters. The predicted octanol–water partition coefficient (Wildman–Crippen LogP) is 16.4. The summed E-state index contributed by atoms with van der Waals surface area (Å²) in [4.78, 5) is 10.0. The second kappa shape index (κ2) is 20.8. The van der Waals surface area contributed by atoms with Crippen LogP contribution in [0.15, 0.2) is 188 Å². The Morgan fingerprint density at radius 1 is 0.487 bits per heavy atom. The first-order valence-corrected chi connectivity index (χ1v) is 29.7. The molecule has 10 aromatic rings. The van der Waals surface area contributed by atoms with Gasteiger partial charge >= 0.3 is 0 Å². The summed E-state index contributed by atoms with van der Waals surface area (Å²) in [5, 5.41) is 7.19. The molecule has 0 saturated heterocycles. The SMILES string of the molecule is CC(C)c1cccc(C(C)C)c1-c1ccnc(-n2c3[c-]c([Si](c4[c-]c(N5[CH-]N(c6cccc(C(C)(C)C)c6)c6ccc(C(C)(C)C)cc65)cc(C(C)(C)C)c4)(c4ccccc4)c4ccccc4)ccc3c3ccccc32)c1.[Pt]. The molecule has 0 spiro atoms. The average molecular weight is 1220 g/mol. The van der Waals surface area contributed by atoms with Gasteiger partial charge < -0.3 is 14.4 Å². The minimum atomic E-state index is -3.33.